The Morgan fingerprint density at radius 3 is 2.64 bits per heavy atom. The first-order valence-corrected chi connectivity index (χ1v) is 12.0. The van der Waals surface area contributed by atoms with Crippen molar-refractivity contribution in [3.8, 4) is 16.9 Å². The Kier molecular flexibility index (Phi) is 5.59. The van der Waals surface area contributed by atoms with Crippen LogP contribution in [0.5, 0.6) is 0 Å². The van der Waals surface area contributed by atoms with Crippen molar-refractivity contribution in [1.82, 2.24) is 19.2 Å². The van der Waals surface area contributed by atoms with Crippen LogP contribution in [0.3, 0.4) is 0 Å². The zero-order chi connectivity index (χ0) is 23.1. The molecular formula is C24H18F2N4OS2. The van der Waals surface area contributed by atoms with Crippen molar-refractivity contribution in [1.29, 1.82) is 0 Å². The number of fused-ring (bicyclic) bond motifs is 1. The lowest BCUT2D eigenvalue weighted by atomic mass is 10.2. The Balaban J connectivity index is 1.42. The molecule has 0 aliphatic rings. The van der Waals surface area contributed by atoms with E-state index in [1.807, 2.05) is 40.1 Å². The summed E-state index contributed by atoms with van der Waals surface area (Å²) < 4.78 is 31.6. The summed E-state index contributed by atoms with van der Waals surface area (Å²) in [6, 6.07) is 14.9. The number of hydrogen-bond acceptors (Lipinski definition) is 5. The molecule has 0 bridgehead atoms. The minimum absolute atomic E-state index is 0.0849. The molecule has 0 aliphatic heterocycles. The lowest BCUT2D eigenvalue weighted by molar-refractivity contribution is 0.102. The van der Waals surface area contributed by atoms with Gasteiger partial charge in [0.1, 0.15) is 11.6 Å². The molecule has 0 saturated heterocycles. The summed E-state index contributed by atoms with van der Waals surface area (Å²) in [4.78, 5) is 13.8. The average molecular weight is 481 g/mol. The topological polar surface area (TPSA) is 52.2 Å². The van der Waals surface area contributed by atoms with Gasteiger partial charge in [0, 0.05) is 28.4 Å². The van der Waals surface area contributed by atoms with Crippen molar-refractivity contribution in [2.75, 3.05) is 5.75 Å². The summed E-state index contributed by atoms with van der Waals surface area (Å²) in [6.07, 6.45) is 0. The van der Waals surface area contributed by atoms with Gasteiger partial charge in [-0.25, -0.2) is 8.78 Å². The van der Waals surface area contributed by atoms with E-state index in [1.165, 1.54) is 23.1 Å². The minimum Gasteiger partial charge on any atom is -0.315 e. The Bertz CT molecular complexity index is 1490. The lowest BCUT2D eigenvalue weighted by Crippen LogP contribution is -2.07. The molecule has 166 valence electrons. The quantitative estimate of drug-likeness (QED) is 0.217. The van der Waals surface area contributed by atoms with Crippen LogP contribution in [0.25, 0.3) is 21.9 Å². The maximum Gasteiger partial charge on any atom is 0.217 e. The number of thioether (sulfide) groups is 1. The van der Waals surface area contributed by atoms with Crippen molar-refractivity contribution >= 4 is 33.8 Å². The van der Waals surface area contributed by atoms with E-state index in [4.69, 9.17) is 0 Å². The molecule has 0 atom stereocenters. The minimum atomic E-state index is -0.552. The van der Waals surface area contributed by atoms with Gasteiger partial charge < -0.3 is 4.57 Å². The molecule has 33 heavy (non-hydrogen) atoms. The van der Waals surface area contributed by atoms with Gasteiger partial charge in [-0.05, 0) is 37.6 Å². The summed E-state index contributed by atoms with van der Waals surface area (Å²) in [5.41, 5.74) is 3.78. The van der Waals surface area contributed by atoms with E-state index in [-0.39, 0.29) is 17.2 Å². The van der Waals surface area contributed by atoms with E-state index in [9.17, 15) is 13.6 Å². The smallest absolute Gasteiger partial charge is 0.217 e. The van der Waals surface area contributed by atoms with Crippen molar-refractivity contribution in [2.45, 2.75) is 19.0 Å². The molecule has 0 aliphatic carbocycles. The molecule has 0 N–H and O–H groups in total. The second-order valence-electron chi connectivity index (χ2n) is 7.52. The molecule has 5 nitrogen and oxygen atoms in total. The van der Waals surface area contributed by atoms with Crippen LogP contribution in [-0.4, -0.2) is 30.7 Å². The van der Waals surface area contributed by atoms with Gasteiger partial charge in [-0.3, -0.25) is 9.20 Å². The Hall–Kier alpha value is -3.30. The second-order valence-corrected chi connectivity index (χ2v) is 9.29. The molecule has 0 unspecified atom stereocenters. The third-order valence-corrected chi connectivity index (χ3v) is 7.15. The second kappa shape index (κ2) is 8.57. The zero-order valence-corrected chi connectivity index (χ0v) is 19.4. The monoisotopic (exact) mass is 480 g/mol. The van der Waals surface area contributed by atoms with Gasteiger partial charge in [0.2, 0.25) is 4.96 Å². The molecule has 5 aromatic rings. The summed E-state index contributed by atoms with van der Waals surface area (Å²) in [7, 11) is 0. The third kappa shape index (κ3) is 3.87. The predicted molar refractivity (Wildman–Crippen MR) is 127 cm³/mol. The van der Waals surface area contributed by atoms with Crippen molar-refractivity contribution in [2.24, 2.45) is 0 Å². The number of nitrogens with zero attached hydrogens (tertiary/aromatic N) is 4. The number of carbonyl (C=O) groups excluding carboxylic acids is 1. The molecular weight excluding hydrogens is 462 g/mol. The standard InChI is InChI=1S/C24H18F2N4OS2/c1-14-10-18(15(2)29(14)20-11-17(25)8-9-19(20)26)22(31)13-33-24-28-27-23-30(24)21(12-32-23)16-6-4-3-5-7-16/h3-12H,13H2,1-2H3. The number of ketones is 1. The molecule has 9 heteroatoms. The lowest BCUT2D eigenvalue weighted by Gasteiger charge is -2.11. The van der Waals surface area contributed by atoms with Crippen LogP contribution in [0.4, 0.5) is 8.78 Å². The van der Waals surface area contributed by atoms with Crippen LogP contribution < -0.4 is 0 Å². The van der Waals surface area contributed by atoms with Crippen LogP contribution >= 0.6 is 23.1 Å². The largest absolute Gasteiger partial charge is 0.315 e. The van der Waals surface area contributed by atoms with Crippen molar-refractivity contribution < 1.29 is 13.6 Å². The number of rotatable bonds is 6. The molecule has 0 saturated carbocycles. The molecule has 2 aromatic carbocycles. The summed E-state index contributed by atoms with van der Waals surface area (Å²) in [5.74, 6) is -1.07. The number of carbonyl (C=O) groups is 1. The number of benzene rings is 2. The summed E-state index contributed by atoms with van der Waals surface area (Å²) in [5, 5.41) is 11.1. The van der Waals surface area contributed by atoms with Crippen molar-refractivity contribution in [3.63, 3.8) is 0 Å². The summed E-state index contributed by atoms with van der Waals surface area (Å²) in [6.45, 7) is 3.50. The molecule has 0 amide bonds. The Morgan fingerprint density at radius 1 is 1.06 bits per heavy atom. The average Bonchev–Trinajstić information content (AvgIpc) is 3.49. The van der Waals surface area contributed by atoms with Crippen LogP contribution in [-0.2, 0) is 0 Å². The van der Waals surface area contributed by atoms with Crippen LogP contribution in [0.2, 0.25) is 0 Å². The van der Waals surface area contributed by atoms with E-state index in [0.717, 1.165) is 34.4 Å². The third-order valence-electron chi connectivity index (χ3n) is 5.40. The fourth-order valence-electron chi connectivity index (χ4n) is 3.88. The Morgan fingerprint density at radius 2 is 1.85 bits per heavy atom. The molecule has 3 heterocycles. The van der Waals surface area contributed by atoms with Gasteiger partial charge in [0.15, 0.2) is 10.9 Å². The van der Waals surface area contributed by atoms with E-state index < -0.39 is 11.6 Å². The van der Waals surface area contributed by atoms with Crippen LogP contribution in [0, 0.1) is 25.5 Å². The fraction of sp³-hybridized carbons (Fsp3) is 0.125. The number of thiazole rings is 1. The molecule has 3 aromatic heterocycles. The zero-order valence-electron chi connectivity index (χ0n) is 17.8. The first kappa shape index (κ1) is 21.5. The highest BCUT2D eigenvalue weighted by Gasteiger charge is 2.21. The number of aromatic nitrogens is 4. The van der Waals surface area contributed by atoms with Crippen LogP contribution in [0.15, 0.2) is 65.1 Å². The molecule has 0 spiro atoms. The highest BCUT2D eigenvalue weighted by Crippen LogP contribution is 2.31. The van der Waals surface area contributed by atoms with Gasteiger partial charge in [0.25, 0.3) is 0 Å². The van der Waals surface area contributed by atoms with Gasteiger partial charge in [-0.2, -0.15) is 0 Å². The van der Waals surface area contributed by atoms with E-state index in [2.05, 4.69) is 10.2 Å². The van der Waals surface area contributed by atoms with E-state index >= 15 is 0 Å². The number of halogens is 2. The van der Waals surface area contributed by atoms with Gasteiger partial charge >= 0.3 is 0 Å². The van der Waals surface area contributed by atoms with E-state index in [0.29, 0.717) is 22.1 Å². The van der Waals surface area contributed by atoms with Gasteiger partial charge in [0.05, 0.1) is 17.1 Å². The fourth-order valence-corrected chi connectivity index (χ4v) is 5.60. The first-order valence-electron chi connectivity index (χ1n) is 10.1. The normalized spacial score (nSPS) is 11.4. The molecule has 0 radical (unpaired) electrons. The SMILES string of the molecule is Cc1cc(C(=O)CSc2nnc3scc(-c4ccccc4)n23)c(C)n1-c1cc(F)ccc1F. The number of aryl methyl sites for hydroxylation is 1. The predicted octanol–water partition coefficient (Wildman–Crippen LogP) is 6.12. The summed E-state index contributed by atoms with van der Waals surface area (Å²) >= 11 is 2.79. The van der Waals surface area contributed by atoms with Crippen molar-refractivity contribution in [3.05, 3.63) is 88.6 Å². The maximum absolute atomic E-state index is 14.4. The number of hydrogen-bond donors (Lipinski definition) is 0. The molecule has 0 fully saturated rings. The van der Waals surface area contributed by atoms with E-state index in [1.54, 1.807) is 24.5 Å². The number of Topliss-reactive ketones (excluding diaryl/α,β-unsaturated/α-hetero) is 1. The Labute approximate surface area is 196 Å². The molecule has 5 rings (SSSR count). The van der Waals surface area contributed by atoms with Crippen LogP contribution in [0.1, 0.15) is 21.7 Å². The maximum atomic E-state index is 14.4. The first-order chi connectivity index (χ1) is 15.9. The van der Waals surface area contributed by atoms with Gasteiger partial charge in [-0.15, -0.1) is 21.5 Å². The van der Waals surface area contributed by atoms with Gasteiger partial charge in [-0.1, -0.05) is 42.1 Å². The highest BCUT2D eigenvalue weighted by atomic mass is 32.2. The highest BCUT2D eigenvalue weighted by molar-refractivity contribution is 7.99.